The molecule has 0 spiro atoms. The van der Waals surface area contributed by atoms with Gasteiger partial charge in [0.2, 0.25) is 0 Å². The molecule has 1 atom stereocenters. The van der Waals surface area contributed by atoms with E-state index in [2.05, 4.69) is 13.8 Å². The molecule has 1 unspecified atom stereocenters. The lowest BCUT2D eigenvalue weighted by Crippen LogP contribution is -2.38. The molecule has 1 N–H and O–H groups in total. The summed E-state index contributed by atoms with van der Waals surface area (Å²) in [6.07, 6.45) is 2.05. The average Bonchev–Trinajstić information content (AvgIpc) is 3.03. The van der Waals surface area contributed by atoms with Gasteiger partial charge in [0.1, 0.15) is 0 Å². The molecule has 132 valence electrons. The SMILES string of the molecule is CCOc1cc(C(=O)N2CCCC2C(C)C)ccc1OCC(=O)O. The molecule has 1 heterocycles. The first-order valence-electron chi connectivity index (χ1n) is 8.36. The second-order valence-corrected chi connectivity index (χ2v) is 6.23. The monoisotopic (exact) mass is 335 g/mol. The van der Waals surface area contributed by atoms with E-state index in [1.54, 1.807) is 18.2 Å². The van der Waals surface area contributed by atoms with Gasteiger partial charge in [0.05, 0.1) is 6.61 Å². The lowest BCUT2D eigenvalue weighted by Gasteiger charge is -2.28. The smallest absolute Gasteiger partial charge is 0.341 e. The molecule has 1 amide bonds. The van der Waals surface area contributed by atoms with Gasteiger partial charge in [-0.15, -0.1) is 0 Å². The Morgan fingerprint density at radius 3 is 2.67 bits per heavy atom. The molecule has 1 fully saturated rings. The molecule has 0 saturated carbocycles. The van der Waals surface area contributed by atoms with Gasteiger partial charge < -0.3 is 19.5 Å². The lowest BCUT2D eigenvalue weighted by molar-refractivity contribution is -0.139. The maximum absolute atomic E-state index is 12.8. The van der Waals surface area contributed by atoms with Crippen molar-refractivity contribution >= 4 is 11.9 Å². The van der Waals surface area contributed by atoms with Gasteiger partial charge in [-0.3, -0.25) is 4.79 Å². The van der Waals surface area contributed by atoms with Crippen LogP contribution in [0.25, 0.3) is 0 Å². The average molecular weight is 335 g/mol. The van der Waals surface area contributed by atoms with E-state index >= 15 is 0 Å². The third-order valence-corrected chi connectivity index (χ3v) is 4.17. The van der Waals surface area contributed by atoms with Crippen LogP contribution in [0, 0.1) is 5.92 Å². The third-order valence-electron chi connectivity index (χ3n) is 4.17. The molecule has 1 aliphatic rings. The van der Waals surface area contributed by atoms with Crippen molar-refractivity contribution in [3.63, 3.8) is 0 Å². The number of hydrogen-bond acceptors (Lipinski definition) is 4. The van der Waals surface area contributed by atoms with Gasteiger partial charge in [-0.2, -0.15) is 0 Å². The number of ether oxygens (including phenoxy) is 2. The summed E-state index contributed by atoms with van der Waals surface area (Å²) in [6.45, 7) is 6.80. The number of hydrogen-bond donors (Lipinski definition) is 1. The van der Waals surface area contributed by atoms with Crippen LogP contribution in [0.2, 0.25) is 0 Å². The molecular formula is C18H25NO5. The van der Waals surface area contributed by atoms with Gasteiger partial charge in [0.25, 0.3) is 5.91 Å². The Hall–Kier alpha value is -2.24. The molecule has 0 aromatic heterocycles. The largest absolute Gasteiger partial charge is 0.490 e. The Labute approximate surface area is 142 Å². The summed E-state index contributed by atoms with van der Waals surface area (Å²) in [5.41, 5.74) is 0.536. The maximum Gasteiger partial charge on any atom is 0.341 e. The summed E-state index contributed by atoms with van der Waals surface area (Å²) in [4.78, 5) is 25.4. The quantitative estimate of drug-likeness (QED) is 0.829. The molecule has 0 aliphatic carbocycles. The first-order chi connectivity index (χ1) is 11.4. The van der Waals surface area contributed by atoms with Gasteiger partial charge in [-0.05, 0) is 43.9 Å². The minimum absolute atomic E-state index is 0.0167. The highest BCUT2D eigenvalue weighted by atomic mass is 16.5. The van der Waals surface area contributed by atoms with Crippen LogP contribution in [0.3, 0.4) is 0 Å². The molecule has 1 aromatic rings. The van der Waals surface area contributed by atoms with Crippen molar-refractivity contribution in [1.82, 2.24) is 4.90 Å². The van der Waals surface area contributed by atoms with E-state index in [0.29, 0.717) is 29.6 Å². The highest BCUT2D eigenvalue weighted by molar-refractivity contribution is 5.95. The zero-order chi connectivity index (χ0) is 17.7. The normalized spacial score (nSPS) is 17.2. The van der Waals surface area contributed by atoms with Crippen molar-refractivity contribution in [2.24, 2.45) is 5.92 Å². The van der Waals surface area contributed by atoms with Gasteiger partial charge in [-0.25, -0.2) is 4.79 Å². The summed E-state index contributed by atoms with van der Waals surface area (Å²) >= 11 is 0. The van der Waals surface area contributed by atoms with Crippen molar-refractivity contribution in [1.29, 1.82) is 0 Å². The number of aliphatic carboxylic acids is 1. The Morgan fingerprint density at radius 1 is 1.29 bits per heavy atom. The predicted molar refractivity (Wildman–Crippen MR) is 89.6 cm³/mol. The van der Waals surface area contributed by atoms with Crippen LogP contribution in [-0.2, 0) is 4.79 Å². The van der Waals surface area contributed by atoms with Crippen molar-refractivity contribution in [3.8, 4) is 11.5 Å². The van der Waals surface area contributed by atoms with Crippen LogP contribution in [0.4, 0.5) is 0 Å². The van der Waals surface area contributed by atoms with Gasteiger partial charge in [0.15, 0.2) is 18.1 Å². The fraction of sp³-hybridized carbons (Fsp3) is 0.556. The number of likely N-dealkylation sites (tertiary alicyclic amines) is 1. The van der Waals surface area contributed by atoms with E-state index in [-0.39, 0.29) is 11.9 Å². The highest BCUT2D eigenvalue weighted by Crippen LogP contribution is 2.31. The lowest BCUT2D eigenvalue weighted by atomic mass is 10.0. The third kappa shape index (κ3) is 4.19. The van der Waals surface area contributed by atoms with E-state index < -0.39 is 12.6 Å². The van der Waals surface area contributed by atoms with Gasteiger partial charge in [-0.1, -0.05) is 13.8 Å². The van der Waals surface area contributed by atoms with E-state index in [0.717, 1.165) is 19.4 Å². The summed E-state index contributed by atoms with van der Waals surface area (Å²) < 4.78 is 10.7. The predicted octanol–water partition coefficient (Wildman–Crippen LogP) is 2.81. The van der Waals surface area contributed by atoms with Crippen LogP contribution in [0.5, 0.6) is 11.5 Å². The number of benzene rings is 1. The standard InChI is InChI=1S/C18H25NO5/c1-4-23-16-10-13(7-8-15(16)24-11-17(20)21)18(22)19-9-5-6-14(19)12(2)3/h7-8,10,12,14H,4-6,9,11H2,1-3H3,(H,20,21). The highest BCUT2D eigenvalue weighted by Gasteiger charge is 2.31. The Balaban J connectivity index is 2.22. The molecule has 24 heavy (non-hydrogen) atoms. The van der Waals surface area contributed by atoms with Crippen LogP contribution < -0.4 is 9.47 Å². The van der Waals surface area contributed by atoms with E-state index in [1.165, 1.54) is 0 Å². The van der Waals surface area contributed by atoms with E-state index in [9.17, 15) is 9.59 Å². The fourth-order valence-electron chi connectivity index (χ4n) is 3.07. The van der Waals surface area contributed by atoms with Gasteiger partial charge in [0, 0.05) is 18.2 Å². The molecular weight excluding hydrogens is 310 g/mol. The van der Waals surface area contributed by atoms with Crippen molar-refractivity contribution in [2.75, 3.05) is 19.8 Å². The molecule has 1 saturated heterocycles. The van der Waals surface area contributed by atoms with Crippen LogP contribution in [0.15, 0.2) is 18.2 Å². The zero-order valence-corrected chi connectivity index (χ0v) is 14.4. The summed E-state index contributed by atoms with van der Waals surface area (Å²) in [5.74, 6) is 0.0647. The first kappa shape index (κ1) is 18.1. The number of carbonyl (C=O) groups excluding carboxylic acids is 1. The number of nitrogens with zero attached hydrogens (tertiary/aromatic N) is 1. The van der Waals surface area contributed by atoms with Crippen molar-refractivity contribution in [2.45, 2.75) is 39.7 Å². The Bertz CT molecular complexity index is 599. The molecule has 1 aromatic carbocycles. The molecule has 1 aliphatic heterocycles. The molecule has 2 rings (SSSR count). The minimum Gasteiger partial charge on any atom is -0.490 e. The Kier molecular flexibility index (Phi) is 6.06. The fourth-order valence-corrected chi connectivity index (χ4v) is 3.07. The number of carboxylic acids is 1. The van der Waals surface area contributed by atoms with Gasteiger partial charge >= 0.3 is 5.97 Å². The minimum atomic E-state index is -1.06. The summed E-state index contributed by atoms with van der Waals surface area (Å²) in [6, 6.07) is 5.16. The van der Waals surface area contributed by atoms with E-state index in [4.69, 9.17) is 14.6 Å². The molecule has 0 bridgehead atoms. The number of carboxylic acid groups (broad SMARTS) is 1. The van der Waals surface area contributed by atoms with Crippen LogP contribution in [0.1, 0.15) is 44.0 Å². The van der Waals surface area contributed by atoms with E-state index in [1.807, 2.05) is 11.8 Å². The molecule has 6 heteroatoms. The zero-order valence-electron chi connectivity index (χ0n) is 14.4. The van der Waals surface area contributed by atoms with Crippen LogP contribution in [-0.4, -0.2) is 47.7 Å². The number of rotatable bonds is 7. The van der Waals surface area contributed by atoms with Crippen molar-refractivity contribution < 1.29 is 24.2 Å². The number of amides is 1. The second-order valence-electron chi connectivity index (χ2n) is 6.23. The summed E-state index contributed by atoms with van der Waals surface area (Å²) in [5, 5.41) is 8.74. The second kappa shape index (κ2) is 8.04. The topological polar surface area (TPSA) is 76.1 Å². The van der Waals surface area contributed by atoms with Crippen molar-refractivity contribution in [3.05, 3.63) is 23.8 Å². The summed E-state index contributed by atoms with van der Waals surface area (Å²) in [7, 11) is 0. The molecule has 6 nitrogen and oxygen atoms in total. The maximum atomic E-state index is 12.8. The van der Waals surface area contributed by atoms with Crippen LogP contribution >= 0.6 is 0 Å². The number of carbonyl (C=O) groups is 2. The molecule has 0 radical (unpaired) electrons. The Morgan fingerprint density at radius 2 is 2.04 bits per heavy atom. The first-order valence-corrected chi connectivity index (χ1v) is 8.36.